The van der Waals surface area contributed by atoms with Crippen molar-refractivity contribution < 1.29 is 14.7 Å². The van der Waals surface area contributed by atoms with Gasteiger partial charge in [0.05, 0.1) is 0 Å². The highest BCUT2D eigenvalue weighted by Gasteiger charge is 2.12. The maximum Gasteiger partial charge on any atom is 0.314 e. The van der Waals surface area contributed by atoms with Gasteiger partial charge in [0.15, 0.2) is 0 Å². The summed E-state index contributed by atoms with van der Waals surface area (Å²) in [5, 5.41) is 14.2. The van der Waals surface area contributed by atoms with Crippen LogP contribution in [0.4, 0.5) is 4.79 Å². The van der Waals surface area contributed by atoms with Crippen LogP contribution in [0.1, 0.15) is 32.6 Å². The van der Waals surface area contributed by atoms with Gasteiger partial charge in [-0.15, -0.1) is 0 Å². The summed E-state index contributed by atoms with van der Waals surface area (Å²) < 4.78 is 0. The van der Waals surface area contributed by atoms with Crippen LogP contribution in [0.5, 0.6) is 0 Å². The maximum atomic E-state index is 11.4. The van der Waals surface area contributed by atoms with Gasteiger partial charge in [-0.2, -0.15) is 11.8 Å². The monoisotopic (exact) mass is 276 g/mol. The minimum Gasteiger partial charge on any atom is -0.481 e. The number of thioether (sulfide) groups is 1. The Balaban J connectivity index is 3.58. The van der Waals surface area contributed by atoms with Crippen molar-refractivity contribution in [2.75, 3.05) is 25.1 Å². The normalized spacial score (nSPS) is 11.9. The molecule has 0 saturated carbocycles. The average Bonchev–Trinajstić information content (AvgIpc) is 2.33. The number of aliphatic carboxylic acids is 1. The van der Waals surface area contributed by atoms with E-state index in [0.29, 0.717) is 13.1 Å². The number of carboxylic acid groups (broad SMARTS) is 1. The van der Waals surface area contributed by atoms with E-state index in [2.05, 4.69) is 16.9 Å². The van der Waals surface area contributed by atoms with E-state index in [9.17, 15) is 9.59 Å². The number of amides is 2. The summed E-state index contributed by atoms with van der Waals surface area (Å²) in [5.74, 6) is 0.297. The van der Waals surface area contributed by atoms with Gasteiger partial charge in [-0.1, -0.05) is 13.3 Å². The predicted octanol–water partition coefficient (Wildman–Crippen LogP) is 1.93. The first-order chi connectivity index (χ1) is 8.60. The van der Waals surface area contributed by atoms with E-state index in [1.807, 2.05) is 6.92 Å². The summed E-state index contributed by atoms with van der Waals surface area (Å²) in [7, 11) is 0. The molecule has 0 spiro atoms. The van der Waals surface area contributed by atoms with E-state index in [1.54, 1.807) is 11.8 Å². The molecule has 0 heterocycles. The minimum absolute atomic E-state index is 0.00439. The van der Waals surface area contributed by atoms with Crippen molar-refractivity contribution in [1.29, 1.82) is 0 Å². The summed E-state index contributed by atoms with van der Waals surface area (Å²) in [5.41, 5.74) is 0. The van der Waals surface area contributed by atoms with Gasteiger partial charge in [0.1, 0.15) is 0 Å². The van der Waals surface area contributed by atoms with Gasteiger partial charge < -0.3 is 15.7 Å². The third kappa shape index (κ3) is 10.3. The molecule has 3 N–H and O–H groups in total. The van der Waals surface area contributed by atoms with Gasteiger partial charge in [0, 0.05) is 19.5 Å². The number of unbranched alkanes of at least 4 members (excludes halogenated alkanes) is 1. The predicted molar refractivity (Wildman–Crippen MR) is 75.1 cm³/mol. The first-order valence-electron chi connectivity index (χ1n) is 6.32. The largest absolute Gasteiger partial charge is 0.481 e. The van der Waals surface area contributed by atoms with Crippen molar-refractivity contribution in [2.24, 2.45) is 5.92 Å². The number of nitrogens with one attached hydrogen (secondary N) is 2. The quantitative estimate of drug-likeness (QED) is 0.533. The lowest BCUT2D eigenvalue weighted by atomic mass is 10.0. The summed E-state index contributed by atoms with van der Waals surface area (Å²) in [6.07, 6.45) is 4.98. The summed E-state index contributed by atoms with van der Waals surface area (Å²) >= 11 is 1.80. The first kappa shape index (κ1) is 17.1. The van der Waals surface area contributed by atoms with Crippen LogP contribution < -0.4 is 10.6 Å². The molecule has 1 unspecified atom stereocenters. The molecule has 0 aromatic rings. The summed E-state index contributed by atoms with van der Waals surface area (Å²) in [6, 6.07) is -0.206. The fraction of sp³-hybridized carbons (Fsp3) is 0.833. The number of hydrogen-bond acceptors (Lipinski definition) is 3. The zero-order valence-electron chi connectivity index (χ0n) is 11.2. The van der Waals surface area contributed by atoms with Crippen molar-refractivity contribution in [3.8, 4) is 0 Å². The van der Waals surface area contributed by atoms with Crippen molar-refractivity contribution in [3.05, 3.63) is 0 Å². The van der Waals surface area contributed by atoms with Crippen molar-refractivity contribution in [2.45, 2.75) is 32.6 Å². The van der Waals surface area contributed by atoms with Gasteiger partial charge in [-0.25, -0.2) is 4.79 Å². The number of carbonyl (C=O) groups excluding carboxylic acids is 1. The molecule has 6 heteroatoms. The Morgan fingerprint density at radius 1 is 1.28 bits per heavy atom. The minimum atomic E-state index is -0.818. The second kappa shape index (κ2) is 11.2. The van der Waals surface area contributed by atoms with Crippen LogP contribution in [0.2, 0.25) is 0 Å². The lowest BCUT2D eigenvalue weighted by Gasteiger charge is -2.13. The van der Waals surface area contributed by atoms with E-state index in [1.165, 1.54) is 0 Å². The van der Waals surface area contributed by atoms with E-state index >= 15 is 0 Å². The van der Waals surface area contributed by atoms with Crippen LogP contribution in [-0.4, -0.2) is 42.2 Å². The second-order valence-corrected chi connectivity index (χ2v) is 5.19. The smallest absolute Gasteiger partial charge is 0.314 e. The molecule has 0 bridgehead atoms. The Labute approximate surface area is 113 Å². The van der Waals surface area contributed by atoms with E-state index in [-0.39, 0.29) is 18.4 Å². The highest BCUT2D eigenvalue weighted by atomic mass is 32.2. The molecule has 0 aromatic heterocycles. The fourth-order valence-electron chi connectivity index (χ4n) is 1.48. The molecule has 18 heavy (non-hydrogen) atoms. The van der Waals surface area contributed by atoms with Crippen molar-refractivity contribution in [3.63, 3.8) is 0 Å². The van der Waals surface area contributed by atoms with E-state index < -0.39 is 5.97 Å². The average molecular weight is 276 g/mol. The summed E-state index contributed by atoms with van der Waals surface area (Å²) in [4.78, 5) is 22.0. The molecule has 0 aliphatic heterocycles. The lowest BCUT2D eigenvalue weighted by molar-refractivity contribution is -0.138. The lowest BCUT2D eigenvalue weighted by Crippen LogP contribution is -2.39. The highest BCUT2D eigenvalue weighted by molar-refractivity contribution is 7.98. The molecule has 0 aliphatic rings. The molecular formula is C12H24N2O3S. The van der Waals surface area contributed by atoms with Gasteiger partial charge in [-0.3, -0.25) is 4.79 Å². The van der Waals surface area contributed by atoms with Gasteiger partial charge >= 0.3 is 12.0 Å². The molecule has 106 valence electrons. The Hall–Kier alpha value is -0.910. The SMILES string of the molecule is CCC(CNC(=O)NCCCCSC)CC(=O)O. The molecule has 1 atom stereocenters. The molecule has 0 rings (SSSR count). The van der Waals surface area contributed by atoms with Crippen molar-refractivity contribution in [1.82, 2.24) is 10.6 Å². The standard InChI is InChI=1S/C12H24N2O3S/c1-3-10(8-11(15)16)9-14-12(17)13-6-4-5-7-18-2/h10H,3-9H2,1-2H3,(H,15,16)(H2,13,14,17). The van der Waals surface area contributed by atoms with E-state index in [4.69, 9.17) is 5.11 Å². The zero-order valence-corrected chi connectivity index (χ0v) is 12.0. The number of urea groups is 1. The molecule has 5 nitrogen and oxygen atoms in total. The number of carboxylic acids is 1. The molecule has 0 aromatic carbocycles. The van der Waals surface area contributed by atoms with Crippen LogP contribution in [0.25, 0.3) is 0 Å². The topological polar surface area (TPSA) is 78.4 Å². The third-order valence-electron chi connectivity index (χ3n) is 2.65. The van der Waals surface area contributed by atoms with Crippen LogP contribution in [0, 0.1) is 5.92 Å². The van der Waals surface area contributed by atoms with E-state index in [0.717, 1.165) is 25.0 Å². The Kier molecular flexibility index (Phi) is 10.6. The Morgan fingerprint density at radius 2 is 2.00 bits per heavy atom. The van der Waals surface area contributed by atoms with Crippen molar-refractivity contribution >= 4 is 23.8 Å². The van der Waals surface area contributed by atoms with Gasteiger partial charge in [-0.05, 0) is 30.8 Å². The zero-order chi connectivity index (χ0) is 13.8. The van der Waals surface area contributed by atoms with Crippen LogP contribution in [-0.2, 0) is 4.79 Å². The maximum absolute atomic E-state index is 11.4. The Morgan fingerprint density at radius 3 is 2.56 bits per heavy atom. The summed E-state index contributed by atoms with van der Waals surface area (Å²) in [6.45, 7) is 3.01. The molecule has 0 fully saturated rings. The molecule has 2 amide bonds. The first-order valence-corrected chi connectivity index (χ1v) is 7.72. The molecular weight excluding hydrogens is 252 g/mol. The third-order valence-corrected chi connectivity index (χ3v) is 3.35. The second-order valence-electron chi connectivity index (χ2n) is 4.21. The van der Waals surface area contributed by atoms with Crippen LogP contribution in [0.3, 0.4) is 0 Å². The van der Waals surface area contributed by atoms with Gasteiger partial charge in [0.25, 0.3) is 0 Å². The molecule has 0 radical (unpaired) electrons. The van der Waals surface area contributed by atoms with Crippen LogP contribution >= 0.6 is 11.8 Å². The Bertz CT molecular complexity index is 249. The van der Waals surface area contributed by atoms with Gasteiger partial charge in [0.2, 0.25) is 0 Å². The van der Waals surface area contributed by atoms with Crippen LogP contribution in [0.15, 0.2) is 0 Å². The molecule has 0 aliphatic carbocycles. The number of hydrogen-bond donors (Lipinski definition) is 3. The molecule has 0 saturated heterocycles. The number of carbonyl (C=O) groups is 2. The highest BCUT2D eigenvalue weighted by Crippen LogP contribution is 2.06. The fourth-order valence-corrected chi connectivity index (χ4v) is 1.97. The number of rotatable bonds is 10.